The van der Waals surface area contributed by atoms with Crippen LogP contribution in [0.3, 0.4) is 0 Å². The second kappa shape index (κ2) is 7.76. The molecule has 84 valence electrons. The molecule has 0 saturated carbocycles. The molecule has 0 aromatic carbocycles. The largest absolute Gasteiger partial charge is 0.469 e. The zero-order chi connectivity index (χ0) is 11.0. The van der Waals surface area contributed by atoms with E-state index in [1.54, 1.807) is 6.92 Å². The lowest BCUT2D eigenvalue weighted by molar-refractivity contribution is -0.146. The molecule has 4 heteroatoms. The third kappa shape index (κ3) is 5.94. The average Bonchev–Trinajstić information content (AvgIpc) is 2.16. The summed E-state index contributed by atoms with van der Waals surface area (Å²) in [6, 6.07) is 0. The lowest BCUT2D eigenvalue weighted by Gasteiger charge is -2.15. The number of aliphatic hydroxyl groups is 1. The Balaban J connectivity index is 3.59. The van der Waals surface area contributed by atoms with Crippen molar-refractivity contribution in [3.63, 3.8) is 0 Å². The second-order valence-electron chi connectivity index (χ2n) is 3.48. The number of ether oxygens (including phenoxy) is 1. The average molecular weight is 203 g/mol. The van der Waals surface area contributed by atoms with Gasteiger partial charge in [-0.3, -0.25) is 10.1 Å². The molecule has 0 aliphatic rings. The van der Waals surface area contributed by atoms with Crippen LogP contribution in [0, 0.1) is 5.92 Å². The monoisotopic (exact) mass is 203 g/mol. The molecule has 2 atom stereocenters. The molecule has 0 aliphatic carbocycles. The van der Waals surface area contributed by atoms with Crippen LogP contribution in [0.15, 0.2) is 0 Å². The van der Waals surface area contributed by atoms with Crippen molar-refractivity contribution in [2.75, 3.05) is 13.7 Å². The van der Waals surface area contributed by atoms with E-state index >= 15 is 0 Å². The van der Waals surface area contributed by atoms with Crippen molar-refractivity contribution in [2.45, 2.75) is 39.3 Å². The van der Waals surface area contributed by atoms with Crippen molar-refractivity contribution in [3.8, 4) is 0 Å². The Bertz CT molecular complexity index is 161. The van der Waals surface area contributed by atoms with Gasteiger partial charge in [0.2, 0.25) is 0 Å². The highest BCUT2D eigenvalue weighted by atomic mass is 16.5. The molecule has 0 rings (SSSR count). The highest BCUT2D eigenvalue weighted by Gasteiger charge is 2.16. The van der Waals surface area contributed by atoms with Gasteiger partial charge in [0.05, 0.1) is 13.0 Å². The number of methoxy groups -OCH3 is 1. The van der Waals surface area contributed by atoms with Crippen LogP contribution in [0.4, 0.5) is 0 Å². The number of hydrogen-bond donors (Lipinski definition) is 2. The van der Waals surface area contributed by atoms with E-state index in [4.69, 9.17) is 0 Å². The van der Waals surface area contributed by atoms with Crippen LogP contribution in [0.5, 0.6) is 0 Å². The minimum atomic E-state index is -0.615. The van der Waals surface area contributed by atoms with Crippen LogP contribution in [-0.2, 0) is 9.53 Å². The van der Waals surface area contributed by atoms with Crippen LogP contribution in [0.2, 0.25) is 0 Å². The lowest BCUT2D eigenvalue weighted by atomic mass is 10.1. The van der Waals surface area contributed by atoms with Crippen molar-refractivity contribution in [3.05, 3.63) is 0 Å². The van der Waals surface area contributed by atoms with Gasteiger partial charge in [-0.15, -0.1) is 0 Å². The number of aliphatic hydroxyl groups excluding tert-OH is 1. The number of rotatable bonds is 7. The number of carbonyl (C=O) groups excluding carboxylic acids is 1. The van der Waals surface area contributed by atoms with Crippen molar-refractivity contribution < 1.29 is 14.6 Å². The van der Waals surface area contributed by atoms with Gasteiger partial charge < -0.3 is 9.84 Å². The number of hydrogen-bond acceptors (Lipinski definition) is 4. The SMILES string of the molecule is CCCCNC(O)CC(C)C(=O)OC. The molecule has 0 aliphatic heterocycles. The normalized spacial score (nSPS) is 14.9. The van der Waals surface area contributed by atoms with E-state index < -0.39 is 6.23 Å². The third-order valence-electron chi connectivity index (χ3n) is 2.09. The van der Waals surface area contributed by atoms with Gasteiger partial charge in [-0.05, 0) is 19.4 Å². The van der Waals surface area contributed by atoms with Gasteiger partial charge in [0.15, 0.2) is 0 Å². The van der Waals surface area contributed by atoms with Gasteiger partial charge in [0, 0.05) is 0 Å². The molecule has 0 bridgehead atoms. The maximum Gasteiger partial charge on any atom is 0.308 e. The van der Waals surface area contributed by atoms with Gasteiger partial charge in [-0.1, -0.05) is 20.3 Å². The lowest BCUT2D eigenvalue weighted by Crippen LogP contribution is -2.33. The molecule has 0 heterocycles. The zero-order valence-electron chi connectivity index (χ0n) is 9.25. The molecule has 0 aromatic heterocycles. The maximum absolute atomic E-state index is 11.0. The van der Waals surface area contributed by atoms with E-state index in [1.165, 1.54) is 7.11 Å². The van der Waals surface area contributed by atoms with Crippen LogP contribution in [0.1, 0.15) is 33.1 Å². The smallest absolute Gasteiger partial charge is 0.308 e. The molecule has 0 radical (unpaired) electrons. The molecular formula is C10H21NO3. The first-order valence-corrected chi connectivity index (χ1v) is 5.11. The highest BCUT2D eigenvalue weighted by Crippen LogP contribution is 2.06. The van der Waals surface area contributed by atoms with E-state index in [0.717, 1.165) is 19.4 Å². The van der Waals surface area contributed by atoms with E-state index in [0.29, 0.717) is 6.42 Å². The fourth-order valence-corrected chi connectivity index (χ4v) is 1.16. The van der Waals surface area contributed by atoms with Crippen molar-refractivity contribution in [1.82, 2.24) is 5.32 Å². The quantitative estimate of drug-likeness (QED) is 0.366. The Hall–Kier alpha value is -0.610. The summed E-state index contributed by atoms with van der Waals surface area (Å²) >= 11 is 0. The molecule has 0 amide bonds. The number of nitrogens with one attached hydrogen (secondary N) is 1. The molecule has 0 aromatic rings. The minimum Gasteiger partial charge on any atom is -0.469 e. The summed E-state index contributed by atoms with van der Waals surface area (Å²) in [4.78, 5) is 11.0. The second-order valence-corrected chi connectivity index (χ2v) is 3.48. The number of esters is 1. The molecule has 2 unspecified atom stereocenters. The molecule has 4 nitrogen and oxygen atoms in total. The maximum atomic E-state index is 11.0. The number of carbonyl (C=O) groups is 1. The standard InChI is InChI=1S/C10H21NO3/c1-4-5-6-11-9(12)7-8(2)10(13)14-3/h8-9,11-12H,4-7H2,1-3H3. The van der Waals surface area contributed by atoms with Gasteiger partial charge in [0.1, 0.15) is 6.23 Å². The van der Waals surface area contributed by atoms with Crippen LogP contribution in [-0.4, -0.2) is 31.0 Å². The summed E-state index contributed by atoms with van der Waals surface area (Å²) < 4.78 is 4.56. The van der Waals surface area contributed by atoms with Crippen molar-refractivity contribution in [1.29, 1.82) is 0 Å². The van der Waals surface area contributed by atoms with Crippen molar-refractivity contribution >= 4 is 5.97 Å². The summed E-state index contributed by atoms with van der Waals surface area (Å²) in [5.74, 6) is -0.537. The predicted octanol–water partition coefficient (Wildman–Crippen LogP) is 0.894. The van der Waals surface area contributed by atoms with E-state index in [2.05, 4.69) is 17.0 Å². The molecular weight excluding hydrogens is 182 g/mol. The van der Waals surface area contributed by atoms with Gasteiger partial charge in [-0.25, -0.2) is 0 Å². The Morgan fingerprint density at radius 2 is 2.21 bits per heavy atom. The van der Waals surface area contributed by atoms with E-state index in [9.17, 15) is 9.90 Å². The summed E-state index contributed by atoms with van der Waals surface area (Å²) in [7, 11) is 1.36. The van der Waals surface area contributed by atoms with Crippen molar-refractivity contribution in [2.24, 2.45) is 5.92 Å². The Kier molecular flexibility index (Phi) is 7.42. The van der Waals surface area contributed by atoms with E-state index in [1.807, 2.05) is 0 Å². The fourth-order valence-electron chi connectivity index (χ4n) is 1.16. The summed E-state index contributed by atoms with van der Waals surface area (Å²) in [6.45, 7) is 4.62. The van der Waals surface area contributed by atoms with E-state index in [-0.39, 0.29) is 11.9 Å². The summed E-state index contributed by atoms with van der Waals surface area (Å²) in [5, 5.41) is 12.4. The third-order valence-corrected chi connectivity index (χ3v) is 2.09. The summed E-state index contributed by atoms with van der Waals surface area (Å²) in [5.41, 5.74) is 0. The van der Waals surface area contributed by atoms with Crippen LogP contribution >= 0.6 is 0 Å². The first kappa shape index (κ1) is 13.4. The topological polar surface area (TPSA) is 58.6 Å². The zero-order valence-corrected chi connectivity index (χ0v) is 9.25. The van der Waals surface area contributed by atoms with Gasteiger partial charge in [-0.2, -0.15) is 0 Å². The Morgan fingerprint density at radius 1 is 1.57 bits per heavy atom. The Morgan fingerprint density at radius 3 is 2.71 bits per heavy atom. The van der Waals surface area contributed by atoms with Crippen LogP contribution in [0.25, 0.3) is 0 Å². The van der Waals surface area contributed by atoms with Gasteiger partial charge >= 0.3 is 5.97 Å². The minimum absolute atomic E-state index is 0.260. The van der Waals surface area contributed by atoms with Crippen LogP contribution < -0.4 is 5.32 Å². The van der Waals surface area contributed by atoms with Gasteiger partial charge in [0.25, 0.3) is 0 Å². The molecule has 0 saturated heterocycles. The fraction of sp³-hybridized carbons (Fsp3) is 0.900. The molecule has 0 fully saturated rings. The highest BCUT2D eigenvalue weighted by molar-refractivity contribution is 5.71. The first-order chi connectivity index (χ1) is 6.61. The Labute approximate surface area is 85.6 Å². The molecule has 2 N–H and O–H groups in total. The number of unbranched alkanes of at least 4 members (excludes halogenated alkanes) is 1. The molecule has 0 spiro atoms. The summed E-state index contributed by atoms with van der Waals surface area (Å²) in [6.07, 6.45) is 1.91. The predicted molar refractivity (Wildman–Crippen MR) is 54.7 cm³/mol. The first-order valence-electron chi connectivity index (χ1n) is 5.11. The molecule has 14 heavy (non-hydrogen) atoms.